The molecule has 7 nitrogen and oxygen atoms in total. The van der Waals surface area contributed by atoms with Crippen molar-refractivity contribution in [1.82, 2.24) is 0 Å². The van der Waals surface area contributed by atoms with Crippen LogP contribution in [0, 0.1) is 5.92 Å². The van der Waals surface area contributed by atoms with Crippen molar-refractivity contribution < 1.29 is 33.3 Å². The topological polar surface area (TPSA) is 80.3 Å². The Bertz CT molecular complexity index is 1150. The molecule has 1 heterocycles. The molecule has 206 valence electrons. The summed E-state index contributed by atoms with van der Waals surface area (Å²) in [6, 6.07) is 29.5. The number of esters is 1. The Morgan fingerprint density at radius 3 is 1.67 bits per heavy atom. The Labute approximate surface area is 230 Å². The molecular formula is C32H36O7. The van der Waals surface area contributed by atoms with E-state index >= 15 is 0 Å². The highest BCUT2D eigenvalue weighted by Crippen LogP contribution is 2.35. The zero-order valence-corrected chi connectivity index (χ0v) is 22.4. The van der Waals surface area contributed by atoms with E-state index in [0.29, 0.717) is 19.8 Å². The van der Waals surface area contributed by atoms with Crippen molar-refractivity contribution in [3.8, 4) is 0 Å². The normalized spacial score (nSPS) is 22.8. The molecule has 3 aromatic carbocycles. The van der Waals surface area contributed by atoms with E-state index in [-0.39, 0.29) is 18.8 Å². The summed E-state index contributed by atoms with van der Waals surface area (Å²) < 4.78 is 30.9. The molecule has 0 unspecified atom stereocenters. The maximum atomic E-state index is 12.3. The van der Waals surface area contributed by atoms with Crippen LogP contribution in [0.3, 0.4) is 0 Å². The molecule has 5 atom stereocenters. The van der Waals surface area contributed by atoms with Gasteiger partial charge in [-0.05, 0) is 23.6 Å². The lowest BCUT2D eigenvalue weighted by Gasteiger charge is -2.45. The second-order valence-electron chi connectivity index (χ2n) is 9.75. The Hall–Kier alpha value is -3.36. The standard InChI is InChI=1S/C32H36O7/c1-23(33)18-28-30(36-20-26-14-8-4-9-15-26)31(37-21-27-16-10-5-11-17-27)29(39-32(28)38-24(2)34)22-35-19-25-12-6-3-7-13-25/h3-17,28-32H,18-22H2,1-2H3/t28-,29-,30-,31-,32+/m1/s1. The molecule has 39 heavy (non-hydrogen) atoms. The van der Waals surface area contributed by atoms with E-state index in [9.17, 15) is 9.59 Å². The van der Waals surface area contributed by atoms with Gasteiger partial charge in [-0.2, -0.15) is 0 Å². The first-order chi connectivity index (χ1) is 19.0. The molecule has 0 N–H and O–H groups in total. The molecule has 1 saturated heterocycles. The Morgan fingerprint density at radius 1 is 0.692 bits per heavy atom. The van der Waals surface area contributed by atoms with Gasteiger partial charge in [0.05, 0.1) is 38.4 Å². The third kappa shape index (κ3) is 8.83. The van der Waals surface area contributed by atoms with Crippen LogP contribution in [0.2, 0.25) is 0 Å². The third-order valence-electron chi connectivity index (χ3n) is 6.54. The second kappa shape index (κ2) is 14.7. The van der Waals surface area contributed by atoms with E-state index in [1.165, 1.54) is 13.8 Å². The van der Waals surface area contributed by atoms with Gasteiger partial charge in [0.25, 0.3) is 0 Å². The minimum Gasteiger partial charge on any atom is -0.435 e. The molecule has 0 radical (unpaired) electrons. The zero-order chi connectivity index (χ0) is 27.5. The average molecular weight is 533 g/mol. The first kappa shape index (κ1) is 28.6. The van der Waals surface area contributed by atoms with Crippen molar-refractivity contribution in [3.05, 3.63) is 108 Å². The SMILES string of the molecule is CC(=O)C[C@H]1[C@@H](OC(C)=O)O[C@H](COCc2ccccc2)[C@@H](OCc2ccccc2)[C@@H]1OCc1ccccc1. The summed E-state index contributed by atoms with van der Waals surface area (Å²) in [6.45, 7) is 4.03. The molecule has 0 aromatic heterocycles. The summed E-state index contributed by atoms with van der Waals surface area (Å²) in [5.74, 6) is -1.11. The molecule has 1 fully saturated rings. The Kier molecular flexibility index (Phi) is 10.8. The maximum Gasteiger partial charge on any atom is 0.304 e. The third-order valence-corrected chi connectivity index (χ3v) is 6.54. The van der Waals surface area contributed by atoms with E-state index in [1.54, 1.807) is 0 Å². The van der Waals surface area contributed by atoms with Crippen molar-refractivity contribution in [2.24, 2.45) is 5.92 Å². The highest BCUT2D eigenvalue weighted by Gasteiger charge is 2.49. The Morgan fingerprint density at radius 2 is 1.18 bits per heavy atom. The lowest BCUT2D eigenvalue weighted by Crippen LogP contribution is -2.59. The number of ketones is 1. The highest BCUT2D eigenvalue weighted by atomic mass is 16.7. The molecular weight excluding hydrogens is 496 g/mol. The van der Waals surface area contributed by atoms with E-state index in [1.807, 2.05) is 91.0 Å². The predicted molar refractivity (Wildman–Crippen MR) is 145 cm³/mol. The quantitative estimate of drug-likeness (QED) is 0.278. The minimum absolute atomic E-state index is 0.0605. The van der Waals surface area contributed by atoms with Crippen LogP contribution >= 0.6 is 0 Å². The summed E-state index contributed by atoms with van der Waals surface area (Å²) in [6.07, 6.45) is -2.65. The summed E-state index contributed by atoms with van der Waals surface area (Å²) >= 11 is 0. The molecule has 0 bridgehead atoms. The van der Waals surface area contributed by atoms with Crippen LogP contribution in [0.5, 0.6) is 0 Å². The van der Waals surface area contributed by atoms with Crippen molar-refractivity contribution in [2.75, 3.05) is 6.61 Å². The largest absolute Gasteiger partial charge is 0.435 e. The lowest BCUT2D eigenvalue weighted by atomic mass is 9.86. The van der Waals surface area contributed by atoms with Gasteiger partial charge in [-0.15, -0.1) is 0 Å². The fourth-order valence-corrected chi connectivity index (χ4v) is 4.74. The fraction of sp³-hybridized carbons (Fsp3) is 0.375. The van der Waals surface area contributed by atoms with Crippen LogP contribution in [0.1, 0.15) is 37.0 Å². The zero-order valence-electron chi connectivity index (χ0n) is 22.4. The number of hydrogen-bond donors (Lipinski definition) is 0. The smallest absolute Gasteiger partial charge is 0.304 e. The molecule has 0 amide bonds. The molecule has 7 heteroatoms. The van der Waals surface area contributed by atoms with Gasteiger partial charge in [-0.25, -0.2) is 0 Å². The van der Waals surface area contributed by atoms with Gasteiger partial charge >= 0.3 is 5.97 Å². The lowest BCUT2D eigenvalue weighted by molar-refractivity contribution is -0.297. The van der Waals surface area contributed by atoms with E-state index in [2.05, 4.69) is 0 Å². The number of hydrogen-bond acceptors (Lipinski definition) is 7. The number of ether oxygens (including phenoxy) is 5. The molecule has 0 saturated carbocycles. The minimum atomic E-state index is -0.978. The first-order valence-electron chi connectivity index (χ1n) is 13.2. The van der Waals surface area contributed by atoms with Crippen molar-refractivity contribution in [2.45, 2.75) is 64.7 Å². The average Bonchev–Trinajstić information content (AvgIpc) is 2.94. The fourth-order valence-electron chi connectivity index (χ4n) is 4.74. The van der Waals surface area contributed by atoms with Gasteiger partial charge < -0.3 is 28.5 Å². The van der Waals surface area contributed by atoms with Gasteiger partial charge in [0.15, 0.2) is 0 Å². The van der Waals surface area contributed by atoms with Crippen LogP contribution < -0.4 is 0 Å². The van der Waals surface area contributed by atoms with Crippen LogP contribution in [-0.4, -0.2) is 43.0 Å². The van der Waals surface area contributed by atoms with Gasteiger partial charge in [-0.1, -0.05) is 91.0 Å². The van der Waals surface area contributed by atoms with Crippen LogP contribution in [0.4, 0.5) is 0 Å². The molecule has 0 spiro atoms. The van der Waals surface area contributed by atoms with Gasteiger partial charge in [0.2, 0.25) is 6.29 Å². The van der Waals surface area contributed by atoms with Crippen LogP contribution in [0.15, 0.2) is 91.0 Å². The summed E-state index contributed by atoms with van der Waals surface area (Å²) in [7, 11) is 0. The van der Waals surface area contributed by atoms with Crippen molar-refractivity contribution in [3.63, 3.8) is 0 Å². The number of Topliss-reactive ketones (excluding diaryl/α,β-unsaturated/α-hetero) is 1. The van der Waals surface area contributed by atoms with Crippen LogP contribution in [-0.2, 0) is 53.1 Å². The molecule has 1 aliphatic rings. The first-order valence-corrected chi connectivity index (χ1v) is 13.2. The number of carbonyl (C=O) groups is 2. The molecule has 3 aromatic rings. The van der Waals surface area contributed by atoms with Crippen molar-refractivity contribution in [1.29, 1.82) is 0 Å². The van der Waals surface area contributed by atoms with Gasteiger partial charge in [-0.3, -0.25) is 4.79 Å². The van der Waals surface area contributed by atoms with E-state index < -0.39 is 36.5 Å². The predicted octanol–water partition coefficient (Wildman–Crippen LogP) is 5.26. The summed E-state index contributed by atoms with van der Waals surface area (Å²) in [5.41, 5.74) is 3.00. The monoisotopic (exact) mass is 532 g/mol. The van der Waals surface area contributed by atoms with Gasteiger partial charge in [0, 0.05) is 13.3 Å². The van der Waals surface area contributed by atoms with Crippen LogP contribution in [0.25, 0.3) is 0 Å². The number of carbonyl (C=O) groups excluding carboxylic acids is 2. The number of benzene rings is 3. The molecule has 4 rings (SSSR count). The Balaban J connectivity index is 1.60. The van der Waals surface area contributed by atoms with Gasteiger partial charge in [0.1, 0.15) is 18.0 Å². The highest BCUT2D eigenvalue weighted by molar-refractivity contribution is 5.76. The second-order valence-corrected chi connectivity index (χ2v) is 9.75. The van der Waals surface area contributed by atoms with E-state index in [0.717, 1.165) is 16.7 Å². The maximum absolute atomic E-state index is 12.3. The summed E-state index contributed by atoms with van der Waals surface area (Å²) in [5, 5.41) is 0. The van der Waals surface area contributed by atoms with Crippen molar-refractivity contribution >= 4 is 11.8 Å². The molecule has 1 aliphatic heterocycles. The molecule has 0 aliphatic carbocycles. The summed E-state index contributed by atoms with van der Waals surface area (Å²) in [4.78, 5) is 24.4. The van der Waals surface area contributed by atoms with E-state index in [4.69, 9.17) is 23.7 Å². The number of rotatable bonds is 13.